The van der Waals surface area contributed by atoms with Crippen molar-refractivity contribution >= 4 is 16.9 Å². The number of piperazine rings is 1. The van der Waals surface area contributed by atoms with Gasteiger partial charge in [-0.3, -0.25) is 14.6 Å². The van der Waals surface area contributed by atoms with E-state index in [4.69, 9.17) is 4.74 Å². The lowest BCUT2D eigenvalue weighted by molar-refractivity contribution is -0.138. The summed E-state index contributed by atoms with van der Waals surface area (Å²) in [7, 11) is 0. The molecule has 0 atom stereocenters. The molecule has 1 aromatic carbocycles. The third-order valence-corrected chi connectivity index (χ3v) is 6.16. The molecule has 3 aromatic rings. The van der Waals surface area contributed by atoms with Crippen LogP contribution in [0.2, 0.25) is 0 Å². The summed E-state index contributed by atoms with van der Waals surface area (Å²) in [6.45, 7) is 9.39. The number of nitriles is 1. The van der Waals surface area contributed by atoms with Crippen LogP contribution in [-0.4, -0.2) is 76.0 Å². The first kappa shape index (κ1) is 27.3. The summed E-state index contributed by atoms with van der Waals surface area (Å²) >= 11 is 0. The largest absolute Gasteiger partial charge is 0.493 e. The number of ether oxygens (including phenoxy) is 1. The molecule has 1 amide bonds. The monoisotopic (exact) mass is 529 g/mol. The van der Waals surface area contributed by atoms with Crippen LogP contribution in [0.3, 0.4) is 0 Å². The highest BCUT2D eigenvalue weighted by Crippen LogP contribution is 2.39. The van der Waals surface area contributed by atoms with E-state index in [2.05, 4.69) is 30.1 Å². The summed E-state index contributed by atoms with van der Waals surface area (Å²) in [4.78, 5) is 28.4. The zero-order chi connectivity index (χ0) is 27.4. The summed E-state index contributed by atoms with van der Waals surface area (Å²) < 4.78 is 46.0. The number of hydrogen-bond donors (Lipinski definition) is 2. The van der Waals surface area contributed by atoms with Crippen LogP contribution in [0.4, 0.5) is 13.2 Å². The van der Waals surface area contributed by atoms with Gasteiger partial charge in [0, 0.05) is 37.8 Å². The van der Waals surface area contributed by atoms with Gasteiger partial charge < -0.3 is 15.0 Å². The Morgan fingerprint density at radius 1 is 1.18 bits per heavy atom. The fourth-order valence-electron chi connectivity index (χ4n) is 4.45. The molecule has 12 heteroatoms. The van der Waals surface area contributed by atoms with Crippen molar-refractivity contribution in [2.75, 3.05) is 39.3 Å². The number of rotatable bonds is 8. The number of hydrogen-bond acceptors (Lipinski definition) is 7. The van der Waals surface area contributed by atoms with Crippen molar-refractivity contribution in [3.05, 3.63) is 41.3 Å². The summed E-state index contributed by atoms with van der Waals surface area (Å²) in [5, 5.41) is 12.6. The van der Waals surface area contributed by atoms with Crippen molar-refractivity contribution in [1.82, 2.24) is 30.1 Å². The van der Waals surface area contributed by atoms with Crippen LogP contribution in [0.1, 0.15) is 37.9 Å². The topological polar surface area (TPSA) is 110 Å². The molecule has 1 saturated heterocycles. The molecule has 0 radical (unpaired) electrons. The van der Waals surface area contributed by atoms with Crippen LogP contribution >= 0.6 is 0 Å². The minimum atomic E-state index is -4.61. The Balaban J connectivity index is 1.52. The minimum Gasteiger partial charge on any atom is -0.493 e. The molecule has 0 saturated carbocycles. The molecule has 4 rings (SSSR count). The number of benzene rings is 1. The molecule has 38 heavy (non-hydrogen) atoms. The molecule has 0 unspecified atom stereocenters. The predicted molar refractivity (Wildman–Crippen MR) is 135 cm³/mol. The van der Waals surface area contributed by atoms with Gasteiger partial charge in [0.15, 0.2) is 5.69 Å². The second-order valence-electron chi connectivity index (χ2n) is 9.46. The van der Waals surface area contributed by atoms with Crippen LogP contribution in [-0.2, 0) is 17.5 Å². The van der Waals surface area contributed by atoms with Crippen molar-refractivity contribution in [3.8, 4) is 23.1 Å². The van der Waals surface area contributed by atoms with Gasteiger partial charge in [0.2, 0.25) is 5.91 Å². The van der Waals surface area contributed by atoms with Crippen LogP contribution in [0.25, 0.3) is 22.3 Å². The Kier molecular flexibility index (Phi) is 8.18. The number of nitrogens with zero attached hydrogens (tertiary/aromatic N) is 5. The lowest BCUT2D eigenvalue weighted by atomic mass is 10.1. The number of carbonyl (C=O) groups is 1. The van der Waals surface area contributed by atoms with Gasteiger partial charge in [-0.1, -0.05) is 0 Å². The predicted octanol–water partition coefficient (Wildman–Crippen LogP) is 3.56. The molecular weight excluding hydrogens is 499 g/mol. The summed E-state index contributed by atoms with van der Waals surface area (Å²) in [5.74, 6) is 0.381. The van der Waals surface area contributed by atoms with Gasteiger partial charge in [-0.05, 0) is 45.0 Å². The Morgan fingerprint density at radius 2 is 1.89 bits per heavy atom. The van der Waals surface area contributed by atoms with Gasteiger partial charge in [0.05, 0.1) is 36.5 Å². The smallest absolute Gasteiger partial charge is 0.419 e. The number of aromatic nitrogens is 3. The second kappa shape index (κ2) is 11.4. The molecule has 2 N–H and O–H groups in total. The highest BCUT2D eigenvalue weighted by molar-refractivity contribution is 5.84. The van der Waals surface area contributed by atoms with Crippen molar-refractivity contribution in [1.29, 1.82) is 5.26 Å². The zero-order valence-corrected chi connectivity index (χ0v) is 21.5. The van der Waals surface area contributed by atoms with E-state index in [0.29, 0.717) is 29.9 Å². The van der Waals surface area contributed by atoms with Crippen molar-refractivity contribution in [2.45, 2.75) is 39.5 Å². The fraction of sp³-hybridized carbons (Fsp3) is 0.462. The lowest BCUT2D eigenvalue weighted by Crippen LogP contribution is -2.49. The molecule has 1 aliphatic heterocycles. The summed E-state index contributed by atoms with van der Waals surface area (Å²) in [6, 6.07) is 7.47. The van der Waals surface area contributed by atoms with Crippen LogP contribution in [0.5, 0.6) is 5.75 Å². The molecule has 9 nitrogen and oxygen atoms in total. The van der Waals surface area contributed by atoms with E-state index in [1.165, 1.54) is 12.1 Å². The minimum absolute atomic E-state index is 0.00737. The maximum Gasteiger partial charge on any atom is 0.419 e. The third kappa shape index (κ3) is 6.41. The number of nitrogens with one attached hydrogen (secondary N) is 2. The van der Waals surface area contributed by atoms with Crippen LogP contribution in [0, 0.1) is 11.3 Å². The van der Waals surface area contributed by atoms with E-state index in [-0.39, 0.29) is 41.3 Å². The van der Waals surface area contributed by atoms with Gasteiger partial charge in [-0.15, -0.1) is 0 Å². The third-order valence-electron chi connectivity index (χ3n) is 6.16. The van der Waals surface area contributed by atoms with Gasteiger partial charge in [-0.25, -0.2) is 9.97 Å². The van der Waals surface area contributed by atoms with Crippen molar-refractivity contribution in [2.24, 2.45) is 0 Å². The van der Waals surface area contributed by atoms with Crippen molar-refractivity contribution in [3.63, 3.8) is 0 Å². The van der Waals surface area contributed by atoms with Gasteiger partial charge in [-0.2, -0.15) is 18.4 Å². The Morgan fingerprint density at radius 3 is 2.53 bits per heavy atom. The number of imidazole rings is 1. The first-order valence-corrected chi connectivity index (χ1v) is 12.5. The molecule has 202 valence electrons. The number of aromatic amines is 1. The number of amides is 1. The molecule has 2 aromatic heterocycles. The number of H-pyrrole nitrogens is 1. The van der Waals surface area contributed by atoms with E-state index >= 15 is 0 Å². The Labute approximate surface area is 218 Å². The maximum absolute atomic E-state index is 13.6. The molecule has 1 fully saturated rings. The molecule has 0 aliphatic carbocycles. The summed E-state index contributed by atoms with van der Waals surface area (Å²) in [5.41, 5.74) is 0.469. The van der Waals surface area contributed by atoms with Gasteiger partial charge >= 0.3 is 6.18 Å². The average Bonchev–Trinajstić information content (AvgIpc) is 3.26. The molecule has 0 bridgehead atoms. The van der Waals surface area contributed by atoms with Gasteiger partial charge in [0.25, 0.3) is 0 Å². The van der Waals surface area contributed by atoms with Crippen LogP contribution in [0.15, 0.2) is 24.3 Å². The van der Waals surface area contributed by atoms with Crippen LogP contribution < -0.4 is 10.1 Å². The fourth-order valence-corrected chi connectivity index (χ4v) is 4.45. The Bertz CT molecular complexity index is 1340. The second-order valence-corrected chi connectivity index (χ2v) is 9.46. The number of halogens is 3. The van der Waals surface area contributed by atoms with E-state index in [1.807, 2.05) is 19.9 Å². The number of fused-ring (bicyclic) bond motifs is 1. The molecule has 1 aliphatic rings. The van der Waals surface area contributed by atoms with Gasteiger partial charge in [0.1, 0.15) is 23.2 Å². The highest BCUT2D eigenvalue weighted by Gasteiger charge is 2.35. The maximum atomic E-state index is 13.6. The first-order chi connectivity index (χ1) is 18.1. The van der Waals surface area contributed by atoms with E-state index in [9.17, 15) is 23.2 Å². The molecule has 3 heterocycles. The number of alkyl halides is 3. The molecule has 0 spiro atoms. The Hall–Kier alpha value is -3.69. The standard InChI is InChI=1S/C26H30F3N7O2/c1-4-38-22-6-5-17(11-18(22)26(27,28)29)19-12-20-25(21(13-30)32-19)34-23(33-20)14-35-7-9-36(10-8-35)15-24(37)31-16(2)3/h5-6,11-12,16H,4,7-10,14-15H2,1-3H3,(H,31,37)(H,33,34). The SMILES string of the molecule is CCOc1ccc(-c2cc3[nH]c(CN4CCN(CC(=O)NC(C)C)CC4)nc3c(C#N)n2)cc1C(F)(F)F. The normalized spacial score (nSPS) is 15.1. The van der Waals surface area contributed by atoms with E-state index in [0.717, 1.165) is 32.2 Å². The first-order valence-electron chi connectivity index (χ1n) is 12.5. The van der Waals surface area contributed by atoms with Crippen molar-refractivity contribution < 1.29 is 22.7 Å². The quantitative estimate of drug-likeness (QED) is 0.459. The van der Waals surface area contributed by atoms with E-state index in [1.54, 1.807) is 13.0 Å². The average molecular weight is 530 g/mol. The highest BCUT2D eigenvalue weighted by atomic mass is 19.4. The number of carbonyl (C=O) groups excluding carboxylic acids is 1. The lowest BCUT2D eigenvalue weighted by Gasteiger charge is -2.33. The van der Waals surface area contributed by atoms with E-state index < -0.39 is 11.7 Å². The number of pyridine rings is 1. The molecular formula is C26H30F3N7O2. The summed E-state index contributed by atoms with van der Waals surface area (Å²) in [6.07, 6.45) is -4.61. The zero-order valence-electron chi connectivity index (χ0n) is 21.5.